The van der Waals surface area contributed by atoms with E-state index in [0.29, 0.717) is 0 Å². The average molecular weight is 151 g/mol. The number of alkyl halides is 2. The Morgan fingerprint density at radius 2 is 2.10 bits per heavy atom. The number of allylic oxidation sites excluding steroid dienone is 1. The zero-order chi connectivity index (χ0) is 7.78. The molecule has 0 aromatic carbocycles. The molecule has 0 saturated carbocycles. The van der Waals surface area contributed by atoms with Crippen molar-refractivity contribution in [1.82, 2.24) is 5.32 Å². The molecule has 58 valence electrons. The summed E-state index contributed by atoms with van der Waals surface area (Å²) in [7, 11) is 0. The summed E-state index contributed by atoms with van der Waals surface area (Å²) in [6, 6.07) is 0. The van der Waals surface area contributed by atoms with E-state index >= 15 is 0 Å². The molecule has 0 spiro atoms. The Kier molecular flexibility index (Phi) is 1.42. The van der Waals surface area contributed by atoms with E-state index in [1.165, 1.54) is 0 Å². The summed E-state index contributed by atoms with van der Waals surface area (Å²) in [5.41, 5.74) is -0.190. The van der Waals surface area contributed by atoms with Gasteiger partial charge in [-0.25, -0.2) is 8.78 Å². The smallest absolute Gasteiger partial charge is 0.294 e. The molecule has 5 heteroatoms. The molecule has 1 fully saturated rings. The molecule has 0 aliphatic carbocycles. The van der Waals surface area contributed by atoms with Gasteiger partial charge in [0.2, 0.25) is 0 Å². The second-order valence-electron chi connectivity index (χ2n) is 2.19. The molecule has 1 aliphatic heterocycles. The Morgan fingerprint density at radius 3 is 2.30 bits per heavy atom. The van der Waals surface area contributed by atoms with Crippen LogP contribution in [0.15, 0.2) is 11.6 Å². The predicted molar refractivity (Wildman–Crippen MR) is 29.9 cm³/mol. The van der Waals surface area contributed by atoms with E-state index in [0.717, 1.165) is 0 Å². The highest BCUT2D eigenvalue weighted by molar-refractivity contribution is 5.09. The van der Waals surface area contributed by atoms with Crippen LogP contribution in [0.5, 0.6) is 0 Å². The summed E-state index contributed by atoms with van der Waals surface area (Å²) < 4.78 is 24.5. The van der Waals surface area contributed by atoms with Gasteiger partial charge in [0.1, 0.15) is 0 Å². The molecule has 3 N–H and O–H groups in total. The fourth-order valence-corrected chi connectivity index (χ4v) is 0.778. The molecular formula is C5H7F2NO2. The van der Waals surface area contributed by atoms with Crippen LogP contribution >= 0.6 is 0 Å². The lowest BCUT2D eigenvalue weighted by Gasteiger charge is -2.01. The molecule has 1 saturated heterocycles. The van der Waals surface area contributed by atoms with E-state index in [-0.39, 0.29) is 5.70 Å². The van der Waals surface area contributed by atoms with Crippen molar-refractivity contribution in [2.75, 3.05) is 6.54 Å². The van der Waals surface area contributed by atoms with Gasteiger partial charge >= 0.3 is 0 Å². The maximum Gasteiger partial charge on any atom is 0.294 e. The van der Waals surface area contributed by atoms with Crippen molar-refractivity contribution in [3.8, 4) is 0 Å². The van der Waals surface area contributed by atoms with Gasteiger partial charge in [0.25, 0.3) is 11.9 Å². The Labute approximate surface area is 56.0 Å². The minimum Gasteiger partial charge on any atom is -0.480 e. The van der Waals surface area contributed by atoms with E-state index in [1.54, 1.807) is 0 Å². The third-order valence-corrected chi connectivity index (χ3v) is 1.27. The summed E-state index contributed by atoms with van der Waals surface area (Å²) >= 11 is 0. The number of aliphatic hydroxyl groups is 2. The van der Waals surface area contributed by atoms with Gasteiger partial charge in [-0.05, 0) is 0 Å². The minimum atomic E-state index is -2.84. The van der Waals surface area contributed by atoms with Crippen molar-refractivity contribution in [1.29, 1.82) is 0 Å². The Balaban J connectivity index is 2.69. The van der Waals surface area contributed by atoms with Gasteiger partial charge in [0, 0.05) is 0 Å². The van der Waals surface area contributed by atoms with Crippen molar-refractivity contribution >= 4 is 0 Å². The second-order valence-corrected chi connectivity index (χ2v) is 2.19. The van der Waals surface area contributed by atoms with Gasteiger partial charge in [-0.1, -0.05) is 0 Å². The first-order valence-corrected chi connectivity index (χ1v) is 2.74. The average Bonchev–Trinajstić information content (AvgIpc) is 2.10. The van der Waals surface area contributed by atoms with Crippen LogP contribution in [0.4, 0.5) is 8.78 Å². The monoisotopic (exact) mass is 151 g/mol. The van der Waals surface area contributed by atoms with Crippen LogP contribution in [0.3, 0.4) is 0 Å². The van der Waals surface area contributed by atoms with E-state index in [4.69, 9.17) is 10.2 Å². The van der Waals surface area contributed by atoms with Gasteiger partial charge in [0.15, 0.2) is 0 Å². The maximum atomic E-state index is 12.2. The molecule has 1 rings (SSSR count). The number of hydrogen-bond donors (Lipinski definition) is 3. The largest absolute Gasteiger partial charge is 0.480 e. The highest BCUT2D eigenvalue weighted by Crippen LogP contribution is 2.27. The van der Waals surface area contributed by atoms with E-state index < -0.39 is 24.8 Å². The first-order valence-electron chi connectivity index (χ1n) is 2.74. The normalized spacial score (nSPS) is 22.4. The molecule has 3 nitrogen and oxygen atoms in total. The summed E-state index contributed by atoms with van der Waals surface area (Å²) in [4.78, 5) is 0. The molecule has 0 amide bonds. The van der Waals surface area contributed by atoms with Crippen LogP contribution in [-0.4, -0.2) is 22.7 Å². The van der Waals surface area contributed by atoms with Crippen LogP contribution < -0.4 is 5.32 Å². The second kappa shape index (κ2) is 2.00. The predicted octanol–water partition coefficient (Wildman–Crippen LogP) is 0.900. The van der Waals surface area contributed by atoms with Crippen LogP contribution in [0.25, 0.3) is 0 Å². The topological polar surface area (TPSA) is 52.5 Å². The Morgan fingerprint density at radius 1 is 1.50 bits per heavy atom. The summed E-state index contributed by atoms with van der Waals surface area (Å²) in [5.74, 6) is -3.89. The number of halogens is 2. The fraction of sp³-hybridized carbons (Fsp3) is 0.600. The zero-order valence-electron chi connectivity index (χ0n) is 5.06. The molecular weight excluding hydrogens is 144 g/mol. The Hall–Kier alpha value is -1.00. The lowest BCUT2D eigenvalue weighted by atomic mass is 10.3. The lowest BCUT2D eigenvalue weighted by molar-refractivity contribution is 0.0246. The van der Waals surface area contributed by atoms with Crippen LogP contribution in [0.2, 0.25) is 0 Å². The van der Waals surface area contributed by atoms with Gasteiger partial charge in [-0.15, -0.1) is 0 Å². The molecule has 1 heterocycles. The molecule has 10 heavy (non-hydrogen) atoms. The first-order chi connectivity index (χ1) is 4.51. The summed E-state index contributed by atoms with van der Waals surface area (Å²) in [6.07, 6.45) is -0.616. The van der Waals surface area contributed by atoms with Crippen molar-refractivity contribution in [2.45, 2.75) is 12.3 Å². The maximum absolute atomic E-state index is 12.2. The van der Waals surface area contributed by atoms with Crippen molar-refractivity contribution < 1.29 is 19.0 Å². The highest BCUT2D eigenvalue weighted by Gasteiger charge is 2.37. The molecule has 0 aromatic heterocycles. The first kappa shape index (κ1) is 7.11. The number of rotatable bonds is 0. The van der Waals surface area contributed by atoms with E-state index in [1.807, 2.05) is 0 Å². The molecule has 0 bridgehead atoms. The standard InChI is InChI=1S/C5H7F2NO2/c6-5(7)1-3(4(9)10)8-2-5/h8-10H,1-2H2. The third kappa shape index (κ3) is 1.29. The molecule has 0 radical (unpaired) electrons. The SMILES string of the molecule is OC(O)=C1CC(F)(F)CN1. The fourth-order valence-electron chi connectivity index (χ4n) is 0.778. The van der Waals surface area contributed by atoms with Crippen molar-refractivity contribution in [3.63, 3.8) is 0 Å². The lowest BCUT2D eigenvalue weighted by Crippen LogP contribution is -2.18. The zero-order valence-corrected chi connectivity index (χ0v) is 5.06. The summed E-state index contributed by atoms with van der Waals surface area (Å²) in [6.45, 7) is -0.521. The molecule has 1 aliphatic rings. The number of hydrogen-bond acceptors (Lipinski definition) is 3. The molecule has 0 aromatic rings. The van der Waals surface area contributed by atoms with Gasteiger partial charge in [-0.2, -0.15) is 0 Å². The van der Waals surface area contributed by atoms with Gasteiger partial charge in [-0.3, -0.25) is 0 Å². The number of aliphatic hydroxyl groups excluding tert-OH is 1. The van der Waals surface area contributed by atoms with Crippen molar-refractivity contribution in [3.05, 3.63) is 11.6 Å². The number of nitrogens with one attached hydrogen (secondary N) is 1. The van der Waals surface area contributed by atoms with Gasteiger partial charge < -0.3 is 15.5 Å². The van der Waals surface area contributed by atoms with E-state index in [2.05, 4.69) is 5.32 Å². The van der Waals surface area contributed by atoms with E-state index in [9.17, 15) is 8.78 Å². The van der Waals surface area contributed by atoms with Crippen LogP contribution in [-0.2, 0) is 0 Å². The highest BCUT2D eigenvalue weighted by atomic mass is 19.3. The summed E-state index contributed by atoms with van der Waals surface area (Å²) in [5, 5.41) is 18.8. The third-order valence-electron chi connectivity index (χ3n) is 1.27. The van der Waals surface area contributed by atoms with Crippen LogP contribution in [0, 0.1) is 0 Å². The molecule has 0 unspecified atom stereocenters. The minimum absolute atomic E-state index is 0.190. The van der Waals surface area contributed by atoms with Gasteiger partial charge in [0.05, 0.1) is 18.7 Å². The van der Waals surface area contributed by atoms with Crippen LogP contribution in [0.1, 0.15) is 6.42 Å². The Bertz CT molecular complexity index is 174. The van der Waals surface area contributed by atoms with Crippen molar-refractivity contribution in [2.24, 2.45) is 0 Å². The molecule has 0 atom stereocenters. The quantitative estimate of drug-likeness (QED) is 0.451.